The summed E-state index contributed by atoms with van der Waals surface area (Å²) in [6.45, 7) is 14.1. The second kappa shape index (κ2) is 7.86. The molecule has 1 aromatic carbocycles. The highest BCUT2D eigenvalue weighted by Crippen LogP contribution is 2.35. The third-order valence-corrected chi connectivity index (χ3v) is 5.61. The van der Waals surface area contributed by atoms with Crippen LogP contribution in [-0.2, 0) is 11.8 Å². The van der Waals surface area contributed by atoms with E-state index >= 15 is 0 Å². The van der Waals surface area contributed by atoms with Gasteiger partial charge >= 0.3 is 0 Å². The first kappa shape index (κ1) is 17.3. The Labute approximate surface area is 127 Å². The molecule has 0 saturated heterocycles. The molecule has 0 saturated carbocycles. The Morgan fingerprint density at radius 3 is 2.00 bits per heavy atom. The summed E-state index contributed by atoms with van der Waals surface area (Å²) in [6, 6.07) is 9.33. The normalized spacial score (nSPS) is 17.5. The summed E-state index contributed by atoms with van der Waals surface area (Å²) in [5.74, 6) is 1.68. The molecule has 3 unspecified atom stereocenters. The van der Waals surface area contributed by atoms with Gasteiger partial charge < -0.3 is 0 Å². The van der Waals surface area contributed by atoms with E-state index in [9.17, 15) is 0 Å². The van der Waals surface area contributed by atoms with Crippen LogP contribution in [0, 0.1) is 11.8 Å². The lowest BCUT2D eigenvalue weighted by Crippen LogP contribution is -2.23. The molecule has 0 heterocycles. The maximum atomic E-state index is 2.44. The molecule has 1 aromatic rings. The van der Waals surface area contributed by atoms with Crippen molar-refractivity contribution in [3.63, 3.8) is 0 Å². The molecule has 0 nitrogen and oxygen atoms in total. The number of aryl methyl sites for hydroxylation is 1. The number of benzene rings is 1. The zero-order valence-electron chi connectivity index (χ0n) is 14.5. The van der Waals surface area contributed by atoms with Crippen molar-refractivity contribution < 1.29 is 0 Å². The molecule has 0 N–H and O–H groups in total. The van der Waals surface area contributed by atoms with Crippen LogP contribution in [0.3, 0.4) is 0 Å². The maximum absolute atomic E-state index is 2.44. The van der Waals surface area contributed by atoms with Crippen LogP contribution >= 0.6 is 0 Å². The highest BCUT2D eigenvalue weighted by Gasteiger charge is 2.25. The summed E-state index contributed by atoms with van der Waals surface area (Å²) in [6.07, 6.45) is 6.31. The van der Waals surface area contributed by atoms with Crippen molar-refractivity contribution >= 4 is 0 Å². The topological polar surface area (TPSA) is 0 Å². The van der Waals surface area contributed by atoms with E-state index in [-0.39, 0.29) is 0 Å². The van der Waals surface area contributed by atoms with Crippen molar-refractivity contribution in [1.29, 1.82) is 0 Å². The first-order valence-corrected chi connectivity index (χ1v) is 8.56. The SMILES string of the molecule is CCc1ccc(C(C)(CC)CCC(C)C(C)CC)cc1. The highest BCUT2D eigenvalue weighted by molar-refractivity contribution is 5.28. The van der Waals surface area contributed by atoms with Crippen molar-refractivity contribution in [2.45, 2.75) is 79.1 Å². The second-order valence-corrected chi connectivity index (χ2v) is 6.87. The molecule has 0 bridgehead atoms. The summed E-state index contributed by atoms with van der Waals surface area (Å²) >= 11 is 0. The van der Waals surface area contributed by atoms with Gasteiger partial charge in [0.25, 0.3) is 0 Å². The van der Waals surface area contributed by atoms with E-state index in [1.54, 1.807) is 0 Å². The molecule has 0 aliphatic carbocycles. The van der Waals surface area contributed by atoms with Crippen molar-refractivity contribution in [2.24, 2.45) is 11.8 Å². The molecule has 0 heteroatoms. The molecule has 0 radical (unpaired) electrons. The Hall–Kier alpha value is -0.780. The van der Waals surface area contributed by atoms with Gasteiger partial charge in [0.15, 0.2) is 0 Å². The van der Waals surface area contributed by atoms with Gasteiger partial charge in [-0.25, -0.2) is 0 Å². The number of hydrogen-bond acceptors (Lipinski definition) is 0. The van der Waals surface area contributed by atoms with E-state index in [2.05, 4.69) is 65.8 Å². The van der Waals surface area contributed by atoms with Gasteiger partial charge in [0.2, 0.25) is 0 Å². The van der Waals surface area contributed by atoms with E-state index in [1.165, 1.54) is 36.8 Å². The van der Waals surface area contributed by atoms with Crippen LogP contribution in [0.1, 0.15) is 78.4 Å². The molecule has 0 amide bonds. The van der Waals surface area contributed by atoms with Crippen LogP contribution in [-0.4, -0.2) is 0 Å². The summed E-state index contributed by atoms with van der Waals surface area (Å²) in [4.78, 5) is 0. The number of rotatable bonds is 8. The van der Waals surface area contributed by atoms with Crippen molar-refractivity contribution in [3.05, 3.63) is 35.4 Å². The predicted octanol–water partition coefficient (Wildman–Crippen LogP) is 6.38. The predicted molar refractivity (Wildman–Crippen MR) is 91.3 cm³/mol. The third-order valence-electron chi connectivity index (χ3n) is 5.61. The first-order valence-electron chi connectivity index (χ1n) is 8.56. The molecule has 1 rings (SSSR count). The van der Waals surface area contributed by atoms with Gasteiger partial charge in [0, 0.05) is 0 Å². The Morgan fingerprint density at radius 1 is 0.950 bits per heavy atom. The molecule has 0 aliphatic heterocycles. The standard InChI is InChI=1S/C20H34/c1-7-16(4)17(5)14-15-20(6,9-3)19-12-10-18(8-2)11-13-19/h10-13,16-17H,7-9,14-15H2,1-6H3. The minimum Gasteiger partial charge on any atom is -0.0651 e. The van der Waals surface area contributed by atoms with Gasteiger partial charge in [0.05, 0.1) is 0 Å². The summed E-state index contributed by atoms with van der Waals surface area (Å²) in [7, 11) is 0. The fourth-order valence-electron chi connectivity index (χ4n) is 2.90. The molecule has 0 aliphatic rings. The lowest BCUT2D eigenvalue weighted by atomic mass is 9.73. The Bertz CT molecular complexity index is 376. The molecule has 0 fully saturated rings. The van der Waals surface area contributed by atoms with Gasteiger partial charge in [-0.2, -0.15) is 0 Å². The summed E-state index contributed by atoms with van der Waals surface area (Å²) in [5.41, 5.74) is 3.31. The van der Waals surface area contributed by atoms with Crippen LogP contribution in [0.2, 0.25) is 0 Å². The largest absolute Gasteiger partial charge is 0.0651 e. The molecule has 3 atom stereocenters. The Morgan fingerprint density at radius 2 is 1.55 bits per heavy atom. The Balaban J connectivity index is 2.75. The summed E-state index contributed by atoms with van der Waals surface area (Å²) < 4.78 is 0. The van der Waals surface area contributed by atoms with E-state index in [1.807, 2.05) is 0 Å². The van der Waals surface area contributed by atoms with Gasteiger partial charge in [-0.05, 0) is 54.1 Å². The van der Waals surface area contributed by atoms with Crippen LogP contribution in [0.5, 0.6) is 0 Å². The third kappa shape index (κ3) is 4.36. The van der Waals surface area contributed by atoms with Crippen LogP contribution < -0.4 is 0 Å². The van der Waals surface area contributed by atoms with Gasteiger partial charge in [-0.1, -0.05) is 72.2 Å². The fraction of sp³-hybridized carbons (Fsp3) is 0.700. The van der Waals surface area contributed by atoms with Crippen LogP contribution in [0.15, 0.2) is 24.3 Å². The zero-order chi connectivity index (χ0) is 15.2. The first-order chi connectivity index (χ1) is 9.46. The second-order valence-electron chi connectivity index (χ2n) is 6.87. The van der Waals surface area contributed by atoms with Crippen molar-refractivity contribution in [1.82, 2.24) is 0 Å². The molecule has 20 heavy (non-hydrogen) atoms. The molecule has 0 spiro atoms. The van der Waals surface area contributed by atoms with Gasteiger partial charge in [0.1, 0.15) is 0 Å². The molecular weight excluding hydrogens is 240 g/mol. The molecule has 114 valence electrons. The van der Waals surface area contributed by atoms with Crippen LogP contribution in [0.25, 0.3) is 0 Å². The quantitative estimate of drug-likeness (QED) is 0.516. The van der Waals surface area contributed by atoms with E-state index < -0.39 is 0 Å². The number of hydrogen-bond donors (Lipinski definition) is 0. The fourth-order valence-corrected chi connectivity index (χ4v) is 2.90. The van der Waals surface area contributed by atoms with E-state index in [4.69, 9.17) is 0 Å². The molecular formula is C20H34. The van der Waals surface area contributed by atoms with Crippen LogP contribution in [0.4, 0.5) is 0 Å². The maximum Gasteiger partial charge on any atom is -0.00778 e. The van der Waals surface area contributed by atoms with Gasteiger partial charge in [-0.3, -0.25) is 0 Å². The Kier molecular flexibility index (Phi) is 6.79. The van der Waals surface area contributed by atoms with E-state index in [0.717, 1.165) is 18.3 Å². The smallest absolute Gasteiger partial charge is 0.00778 e. The van der Waals surface area contributed by atoms with E-state index in [0.29, 0.717) is 5.41 Å². The lowest BCUT2D eigenvalue weighted by Gasteiger charge is -2.31. The molecule has 0 aromatic heterocycles. The summed E-state index contributed by atoms with van der Waals surface area (Å²) in [5, 5.41) is 0. The monoisotopic (exact) mass is 274 g/mol. The highest BCUT2D eigenvalue weighted by atomic mass is 14.3. The zero-order valence-corrected chi connectivity index (χ0v) is 14.5. The lowest BCUT2D eigenvalue weighted by molar-refractivity contribution is 0.299. The van der Waals surface area contributed by atoms with Crippen molar-refractivity contribution in [2.75, 3.05) is 0 Å². The minimum absolute atomic E-state index is 0.341. The average molecular weight is 274 g/mol. The van der Waals surface area contributed by atoms with Crippen molar-refractivity contribution in [3.8, 4) is 0 Å². The average Bonchev–Trinajstić information content (AvgIpc) is 2.51. The minimum atomic E-state index is 0.341. The van der Waals surface area contributed by atoms with Gasteiger partial charge in [-0.15, -0.1) is 0 Å².